The van der Waals surface area contributed by atoms with Gasteiger partial charge in [-0.05, 0) is 23.3 Å². The predicted octanol–water partition coefficient (Wildman–Crippen LogP) is 2.52. The molecule has 2 aromatic rings. The molecule has 0 bridgehead atoms. The standard InChI is InChI=1S/C12H10FNO/c13-11-4-3-10(12(15)7-11)6-9-2-1-5-14-8-9/h1-5,7-8,15H,6H2. The SMILES string of the molecule is Oc1cc(F)ccc1Cc1cccnc1. The molecule has 0 atom stereocenters. The van der Waals surface area contributed by atoms with Crippen LogP contribution in [0.25, 0.3) is 0 Å². The molecule has 76 valence electrons. The van der Waals surface area contributed by atoms with E-state index < -0.39 is 5.82 Å². The van der Waals surface area contributed by atoms with Crippen LogP contribution in [0.15, 0.2) is 42.7 Å². The van der Waals surface area contributed by atoms with Crippen molar-refractivity contribution in [2.24, 2.45) is 0 Å². The van der Waals surface area contributed by atoms with Gasteiger partial charge in [0.25, 0.3) is 0 Å². The second kappa shape index (κ2) is 4.09. The first-order chi connectivity index (χ1) is 7.25. The van der Waals surface area contributed by atoms with Crippen LogP contribution in [0.1, 0.15) is 11.1 Å². The molecule has 0 unspecified atom stereocenters. The monoisotopic (exact) mass is 203 g/mol. The van der Waals surface area contributed by atoms with Gasteiger partial charge in [-0.1, -0.05) is 12.1 Å². The maximum Gasteiger partial charge on any atom is 0.126 e. The molecule has 15 heavy (non-hydrogen) atoms. The molecule has 0 spiro atoms. The molecule has 1 N–H and O–H groups in total. The van der Waals surface area contributed by atoms with E-state index in [1.165, 1.54) is 6.07 Å². The lowest BCUT2D eigenvalue weighted by Gasteiger charge is -2.04. The molecule has 2 rings (SSSR count). The van der Waals surface area contributed by atoms with E-state index in [1.54, 1.807) is 18.5 Å². The molecule has 0 aliphatic rings. The van der Waals surface area contributed by atoms with E-state index in [2.05, 4.69) is 4.98 Å². The Labute approximate surface area is 87.0 Å². The van der Waals surface area contributed by atoms with Gasteiger partial charge in [-0.3, -0.25) is 4.98 Å². The Bertz CT molecular complexity index is 456. The zero-order chi connectivity index (χ0) is 10.7. The lowest BCUT2D eigenvalue weighted by atomic mass is 10.1. The van der Waals surface area contributed by atoms with Crippen LogP contribution in [0, 0.1) is 5.82 Å². The van der Waals surface area contributed by atoms with E-state index in [-0.39, 0.29) is 5.75 Å². The van der Waals surface area contributed by atoms with Crippen LogP contribution in [0.5, 0.6) is 5.75 Å². The summed E-state index contributed by atoms with van der Waals surface area (Å²) in [6.07, 6.45) is 3.97. The first-order valence-electron chi connectivity index (χ1n) is 4.62. The second-order valence-corrected chi connectivity index (χ2v) is 3.31. The summed E-state index contributed by atoms with van der Waals surface area (Å²) in [5.41, 5.74) is 1.68. The number of phenols is 1. The number of hydrogen-bond donors (Lipinski definition) is 1. The highest BCUT2D eigenvalue weighted by Crippen LogP contribution is 2.20. The van der Waals surface area contributed by atoms with Crippen LogP contribution in [0.4, 0.5) is 4.39 Å². The van der Waals surface area contributed by atoms with Crippen molar-refractivity contribution in [1.29, 1.82) is 0 Å². The van der Waals surface area contributed by atoms with Gasteiger partial charge < -0.3 is 5.11 Å². The Kier molecular flexibility index (Phi) is 2.63. The number of halogens is 1. The Hall–Kier alpha value is -1.90. The normalized spacial score (nSPS) is 10.2. The van der Waals surface area contributed by atoms with Gasteiger partial charge >= 0.3 is 0 Å². The fourth-order valence-corrected chi connectivity index (χ4v) is 1.41. The Balaban J connectivity index is 2.25. The smallest absolute Gasteiger partial charge is 0.126 e. The first kappa shape index (κ1) is 9.65. The van der Waals surface area contributed by atoms with Gasteiger partial charge in [0.1, 0.15) is 11.6 Å². The number of benzene rings is 1. The third-order valence-corrected chi connectivity index (χ3v) is 2.16. The molecular weight excluding hydrogens is 193 g/mol. The van der Waals surface area contributed by atoms with E-state index in [9.17, 15) is 9.50 Å². The molecule has 1 aromatic heterocycles. The maximum absolute atomic E-state index is 12.7. The van der Waals surface area contributed by atoms with Crippen LogP contribution >= 0.6 is 0 Å². The van der Waals surface area contributed by atoms with Gasteiger partial charge in [0.15, 0.2) is 0 Å². The van der Waals surface area contributed by atoms with Gasteiger partial charge in [-0.2, -0.15) is 0 Å². The van der Waals surface area contributed by atoms with Crippen molar-refractivity contribution in [2.45, 2.75) is 6.42 Å². The van der Waals surface area contributed by atoms with Crippen LogP contribution < -0.4 is 0 Å². The van der Waals surface area contributed by atoms with Gasteiger partial charge in [0.2, 0.25) is 0 Å². The summed E-state index contributed by atoms with van der Waals surface area (Å²) in [5.74, 6) is -0.443. The number of aromatic nitrogens is 1. The number of phenolic OH excluding ortho intramolecular Hbond substituents is 1. The number of aromatic hydroxyl groups is 1. The van der Waals surface area contributed by atoms with Crippen molar-refractivity contribution in [1.82, 2.24) is 4.98 Å². The number of pyridine rings is 1. The summed E-state index contributed by atoms with van der Waals surface area (Å²) in [6, 6.07) is 7.78. The predicted molar refractivity (Wildman–Crippen MR) is 55.1 cm³/mol. The van der Waals surface area contributed by atoms with E-state index in [4.69, 9.17) is 0 Å². The fraction of sp³-hybridized carbons (Fsp3) is 0.0833. The minimum atomic E-state index is -0.428. The van der Waals surface area contributed by atoms with Crippen molar-refractivity contribution in [3.63, 3.8) is 0 Å². The number of rotatable bonds is 2. The largest absolute Gasteiger partial charge is 0.508 e. The highest BCUT2D eigenvalue weighted by atomic mass is 19.1. The van der Waals surface area contributed by atoms with Crippen molar-refractivity contribution in [3.8, 4) is 5.75 Å². The zero-order valence-electron chi connectivity index (χ0n) is 8.02. The van der Waals surface area contributed by atoms with Crippen molar-refractivity contribution in [2.75, 3.05) is 0 Å². The summed E-state index contributed by atoms with van der Waals surface area (Å²) in [4.78, 5) is 3.97. The average molecular weight is 203 g/mol. The van der Waals surface area contributed by atoms with Crippen LogP contribution in [0.3, 0.4) is 0 Å². The number of nitrogens with zero attached hydrogens (tertiary/aromatic N) is 1. The highest BCUT2D eigenvalue weighted by molar-refractivity contribution is 5.36. The lowest BCUT2D eigenvalue weighted by molar-refractivity contribution is 0.463. The molecule has 1 aromatic carbocycles. The number of hydrogen-bond acceptors (Lipinski definition) is 2. The van der Waals surface area contributed by atoms with E-state index in [0.717, 1.165) is 11.6 Å². The van der Waals surface area contributed by atoms with Crippen molar-refractivity contribution >= 4 is 0 Å². The third kappa shape index (κ3) is 2.31. The molecule has 1 heterocycles. The molecular formula is C12H10FNO. The molecule has 0 fully saturated rings. The minimum absolute atomic E-state index is 0.0150. The van der Waals surface area contributed by atoms with E-state index >= 15 is 0 Å². The van der Waals surface area contributed by atoms with E-state index in [0.29, 0.717) is 12.0 Å². The fourth-order valence-electron chi connectivity index (χ4n) is 1.41. The Morgan fingerprint density at radius 2 is 2.13 bits per heavy atom. The first-order valence-corrected chi connectivity index (χ1v) is 4.62. The molecule has 0 radical (unpaired) electrons. The van der Waals surface area contributed by atoms with Crippen molar-refractivity contribution in [3.05, 3.63) is 59.7 Å². The summed E-state index contributed by atoms with van der Waals surface area (Å²) in [6.45, 7) is 0. The van der Waals surface area contributed by atoms with E-state index in [1.807, 2.05) is 12.1 Å². The topological polar surface area (TPSA) is 33.1 Å². The summed E-state index contributed by atoms with van der Waals surface area (Å²) in [7, 11) is 0. The second-order valence-electron chi connectivity index (χ2n) is 3.31. The third-order valence-electron chi connectivity index (χ3n) is 2.16. The average Bonchev–Trinajstić information content (AvgIpc) is 2.24. The van der Waals surface area contributed by atoms with Crippen LogP contribution in [-0.2, 0) is 6.42 Å². The molecule has 2 nitrogen and oxygen atoms in total. The lowest BCUT2D eigenvalue weighted by Crippen LogP contribution is -1.90. The van der Waals surface area contributed by atoms with Gasteiger partial charge in [0.05, 0.1) is 0 Å². The Morgan fingerprint density at radius 3 is 2.80 bits per heavy atom. The van der Waals surface area contributed by atoms with Gasteiger partial charge in [-0.25, -0.2) is 4.39 Å². The minimum Gasteiger partial charge on any atom is -0.508 e. The van der Waals surface area contributed by atoms with Gasteiger partial charge in [0, 0.05) is 24.9 Å². The molecule has 0 aliphatic heterocycles. The maximum atomic E-state index is 12.7. The quantitative estimate of drug-likeness (QED) is 0.813. The Morgan fingerprint density at radius 1 is 1.27 bits per heavy atom. The molecule has 0 saturated carbocycles. The van der Waals surface area contributed by atoms with Crippen molar-refractivity contribution < 1.29 is 9.50 Å². The van der Waals surface area contributed by atoms with Crippen LogP contribution in [0.2, 0.25) is 0 Å². The molecule has 0 amide bonds. The summed E-state index contributed by atoms with van der Waals surface area (Å²) < 4.78 is 12.7. The van der Waals surface area contributed by atoms with Crippen LogP contribution in [-0.4, -0.2) is 10.1 Å². The highest BCUT2D eigenvalue weighted by Gasteiger charge is 2.03. The molecule has 3 heteroatoms. The molecule has 0 saturated heterocycles. The zero-order valence-corrected chi connectivity index (χ0v) is 8.02. The summed E-state index contributed by atoms with van der Waals surface area (Å²) in [5, 5.41) is 9.49. The summed E-state index contributed by atoms with van der Waals surface area (Å²) >= 11 is 0. The molecule has 0 aliphatic carbocycles. The van der Waals surface area contributed by atoms with Gasteiger partial charge in [-0.15, -0.1) is 0 Å².